The van der Waals surface area contributed by atoms with Crippen LogP contribution in [0.1, 0.15) is 15.9 Å². The van der Waals surface area contributed by atoms with Gasteiger partial charge in [0, 0.05) is 10.0 Å². The second kappa shape index (κ2) is 4.94. The summed E-state index contributed by atoms with van der Waals surface area (Å²) >= 11 is 2.97. The number of halogens is 4. The molecular weight excluding hydrogens is 309 g/mol. The highest BCUT2D eigenvalue weighted by Gasteiger charge is 2.18. The molecule has 0 saturated carbocycles. The number of hydrogen-bond acceptors (Lipinski definition) is 1. The molecule has 0 spiro atoms. The average molecular weight is 315 g/mol. The van der Waals surface area contributed by atoms with E-state index in [0.717, 1.165) is 24.3 Å². The molecule has 0 aliphatic carbocycles. The summed E-state index contributed by atoms with van der Waals surface area (Å²) in [5, 5.41) is 0. The summed E-state index contributed by atoms with van der Waals surface area (Å²) in [7, 11) is 0. The van der Waals surface area contributed by atoms with Crippen LogP contribution in [0.15, 0.2) is 40.9 Å². The van der Waals surface area contributed by atoms with Gasteiger partial charge < -0.3 is 0 Å². The lowest BCUT2D eigenvalue weighted by molar-refractivity contribution is 0.103. The van der Waals surface area contributed by atoms with Gasteiger partial charge in [0.05, 0.1) is 5.56 Å². The Bertz CT molecular complexity index is 626. The Morgan fingerprint density at radius 1 is 1.06 bits per heavy atom. The van der Waals surface area contributed by atoms with E-state index >= 15 is 0 Å². The molecule has 1 nitrogen and oxygen atoms in total. The molecule has 0 aromatic heterocycles. The molecule has 0 saturated heterocycles. The van der Waals surface area contributed by atoms with Crippen LogP contribution in [0.3, 0.4) is 0 Å². The fraction of sp³-hybridized carbons (Fsp3) is 0. The van der Waals surface area contributed by atoms with E-state index in [1.807, 2.05) is 0 Å². The normalized spacial score (nSPS) is 10.4. The Balaban J connectivity index is 2.53. The van der Waals surface area contributed by atoms with Crippen molar-refractivity contribution in [3.63, 3.8) is 0 Å². The van der Waals surface area contributed by atoms with Gasteiger partial charge in [0.25, 0.3) is 0 Å². The van der Waals surface area contributed by atoms with Crippen molar-refractivity contribution in [1.29, 1.82) is 0 Å². The van der Waals surface area contributed by atoms with Crippen molar-refractivity contribution in [2.75, 3.05) is 0 Å². The van der Waals surface area contributed by atoms with Gasteiger partial charge in [-0.15, -0.1) is 0 Å². The van der Waals surface area contributed by atoms with E-state index in [1.165, 1.54) is 12.1 Å². The number of ketones is 1. The van der Waals surface area contributed by atoms with Crippen LogP contribution in [-0.4, -0.2) is 5.78 Å². The van der Waals surface area contributed by atoms with Crippen molar-refractivity contribution < 1.29 is 18.0 Å². The van der Waals surface area contributed by atoms with Crippen LogP contribution in [0.25, 0.3) is 0 Å². The van der Waals surface area contributed by atoms with Crippen molar-refractivity contribution >= 4 is 21.7 Å². The number of carbonyl (C=O) groups excluding carboxylic acids is 1. The van der Waals surface area contributed by atoms with Crippen LogP contribution in [-0.2, 0) is 0 Å². The molecule has 0 unspecified atom stereocenters. The second-order valence-corrected chi connectivity index (χ2v) is 4.50. The molecule has 0 aliphatic heterocycles. The Kier molecular flexibility index (Phi) is 3.52. The fourth-order valence-corrected chi connectivity index (χ4v) is 1.94. The summed E-state index contributed by atoms with van der Waals surface area (Å²) in [5.74, 6) is -3.76. The molecule has 0 radical (unpaired) electrons. The SMILES string of the molecule is O=C(c1cccc(F)c1)c1cc(Br)cc(F)c1F. The van der Waals surface area contributed by atoms with Crippen molar-refractivity contribution in [3.05, 3.63) is 69.4 Å². The molecular formula is C13H6BrF3O. The maximum absolute atomic E-state index is 13.5. The van der Waals surface area contributed by atoms with E-state index in [4.69, 9.17) is 0 Å². The van der Waals surface area contributed by atoms with Crippen LogP contribution >= 0.6 is 15.9 Å². The van der Waals surface area contributed by atoms with Crippen molar-refractivity contribution in [3.8, 4) is 0 Å². The monoisotopic (exact) mass is 314 g/mol. The van der Waals surface area contributed by atoms with Crippen LogP contribution in [0, 0.1) is 17.5 Å². The Labute approximate surface area is 109 Å². The third kappa shape index (κ3) is 2.46. The first kappa shape index (κ1) is 12.8. The van der Waals surface area contributed by atoms with Gasteiger partial charge in [-0.1, -0.05) is 28.1 Å². The minimum Gasteiger partial charge on any atom is -0.288 e. The summed E-state index contributed by atoms with van der Waals surface area (Å²) in [5.41, 5.74) is -0.473. The van der Waals surface area contributed by atoms with Gasteiger partial charge in [-0.25, -0.2) is 13.2 Å². The molecule has 0 N–H and O–H groups in total. The van der Waals surface area contributed by atoms with Gasteiger partial charge in [0.2, 0.25) is 0 Å². The molecule has 5 heteroatoms. The third-order valence-electron chi connectivity index (χ3n) is 2.32. The lowest BCUT2D eigenvalue weighted by Gasteiger charge is -2.04. The van der Waals surface area contributed by atoms with E-state index < -0.39 is 28.8 Å². The highest BCUT2D eigenvalue weighted by Crippen LogP contribution is 2.22. The maximum Gasteiger partial charge on any atom is 0.196 e. The molecule has 92 valence electrons. The molecule has 2 aromatic rings. The van der Waals surface area contributed by atoms with Gasteiger partial charge in [0.1, 0.15) is 5.82 Å². The number of carbonyl (C=O) groups is 1. The van der Waals surface area contributed by atoms with Crippen LogP contribution < -0.4 is 0 Å². The van der Waals surface area contributed by atoms with E-state index in [9.17, 15) is 18.0 Å². The van der Waals surface area contributed by atoms with Gasteiger partial charge in [0.15, 0.2) is 17.4 Å². The first-order valence-corrected chi connectivity index (χ1v) is 5.73. The Morgan fingerprint density at radius 2 is 1.78 bits per heavy atom. The smallest absolute Gasteiger partial charge is 0.196 e. The minimum atomic E-state index is -1.24. The lowest BCUT2D eigenvalue weighted by Crippen LogP contribution is -2.06. The minimum absolute atomic E-state index is 0.0357. The van der Waals surface area contributed by atoms with Crippen LogP contribution in [0.2, 0.25) is 0 Å². The van der Waals surface area contributed by atoms with Gasteiger partial charge >= 0.3 is 0 Å². The van der Waals surface area contributed by atoms with Crippen LogP contribution in [0.5, 0.6) is 0 Å². The van der Waals surface area contributed by atoms with Gasteiger partial charge in [-0.2, -0.15) is 0 Å². The zero-order valence-electron chi connectivity index (χ0n) is 8.88. The average Bonchev–Trinajstić information content (AvgIpc) is 2.33. The van der Waals surface area contributed by atoms with E-state index in [0.29, 0.717) is 0 Å². The quantitative estimate of drug-likeness (QED) is 0.602. The molecule has 0 bridgehead atoms. The lowest BCUT2D eigenvalue weighted by atomic mass is 10.0. The number of hydrogen-bond donors (Lipinski definition) is 0. The predicted octanol–water partition coefficient (Wildman–Crippen LogP) is 4.10. The Hall–Kier alpha value is -1.62. The molecule has 0 aliphatic rings. The summed E-state index contributed by atoms with van der Waals surface area (Å²) in [6, 6.07) is 6.87. The largest absolute Gasteiger partial charge is 0.288 e. The standard InChI is InChI=1S/C13H6BrF3O/c14-8-5-10(12(17)11(16)6-8)13(18)7-2-1-3-9(15)4-7/h1-6H. The topological polar surface area (TPSA) is 17.1 Å². The molecule has 0 heterocycles. The van der Waals surface area contributed by atoms with Crippen molar-refractivity contribution in [1.82, 2.24) is 0 Å². The summed E-state index contributed by atoms with van der Waals surface area (Å²) in [6.45, 7) is 0. The zero-order valence-corrected chi connectivity index (χ0v) is 10.5. The molecule has 0 fully saturated rings. The maximum atomic E-state index is 13.5. The molecule has 18 heavy (non-hydrogen) atoms. The van der Waals surface area contributed by atoms with E-state index in [1.54, 1.807) is 0 Å². The summed E-state index contributed by atoms with van der Waals surface area (Å²) in [6.07, 6.45) is 0. The van der Waals surface area contributed by atoms with Crippen LogP contribution in [0.4, 0.5) is 13.2 Å². The fourth-order valence-electron chi connectivity index (χ4n) is 1.51. The predicted molar refractivity (Wildman–Crippen MR) is 63.9 cm³/mol. The number of rotatable bonds is 2. The molecule has 2 rings (SSSR count). The first-order valence-electron chi connectivity index (χ1n) is 4.94. The number of benzene rings is 2. The van der Waals surface area contributed by atoms with Crippen molar-refractivity contribution in [2.24, 2.45) is 0 Å². The molecule has 0 amide bonds. The first-order chi connectivity index (χ1) is 8.49. The zero-order chi connectivity index (χ0) is 13.3. The third-order valence-corrected chi connectivity index (χ3v) is 2.78. The highest BCUT2D eigenvalue weighted by atomic mass is 79.9. The molecule has 0 atom stereocenters. The summed E-state index contributed by atoms with van der Waals surface area (Å²) < 4.78 is 39.9. The summed E-state index contributed by atoms with van der Waals surface area (Å²) in [4.78, 5) is 11.9. The van der Waals surface area contributed by atoms with Gasteiger partial charge in [-0.05, 0) is 24.3 Å². The van der Waals surface area contributed by atoms with Gasteiger partial charge in [-0.3, -0.25) is 4.79 Å². The van der Waals surface area contributed by atoms with E-state index in [-0.39, 0.29) is 10.0 Å². The highest BCUT2D eigenvalue weighted by molar-refractivity contribution is 9.10. The van der Waals surface area contributed by atoms with E-state index in [2.05, 4.69) is 15.9 Å². The molecule has 2 aromatic carbocycles. The Morgan fingerprint density at radius 3 is 2.44 bits per heavy atom. The second-order valence-electron chi connectivity index (χ2n) is 3.59. The van der Waals surface area contributed by atoms with Crippen molar-refractivity contribution in [2.45, 2.75) is 0 Å².